The monoisotopic (exact) mass is 697 g/mol. The molecule has 0 saturated heterocycles. The van der Waals surface area contributed by atoms with Crippen LogP contribution in [0.4, 0.5) is 34.9 Å². The van der Waals surface area contributed by atoms with Gasteiger partial charge in [0.05, 0.1) is 27.7 Å². The Balaban J connectivity index is 0.000000216. The zero-order chi connectivity index (χ0) is 33.1. The molecule has 238 valence electrons. The highest BCUT2D eigenvalue weighted by Gasteiger charge is 2.12. The summed E-state index contributed by atoms with van der Waals surface area (Å²) >= 11 is 14.7. The van der Waals surface area contributed by atoms with E-state index in [1.165, 1.54) is 30.4 Å². The topological polar surface area (TPSA) is 197 Å². The third-order valence-corrected chi connectivity index (χ3v) is 8.13. The molecule has 2 heterocycles. The van der Waals surface area contributed by atoms with Gasteiger partial charge in [0, 0.05) is 39.2 Å². The van der Waals surface area contributed by atoms with E-state index in [0.717, 1.165) is 19.6 Å². The van der Waals surface area contributed by atoms with Crippen molar-refractivity contribution in [2.24, 2.45) is 0 Å². The van der Waals surface area contributed by atoms with E-state index in [-0.39, 0.29) is 24.3 Å². The van der Waals surface area contributed by atoms with Crippen LogP contribution in [0.15, 0.2) is 105 Å². The Labute approximate surface area is 283 Å². The molecule has 9 N–H and O–H groups in total. The summed E-state index contributed by atoms with van der Waals surface area (Å²) in [7, 11) is 0. The van der Waals surface area contributed by atoms with Gasteiger partial charge in [-0.05, 0) is 60.7 Å². The van der Waals surface area contributed by atoms with Crippen LogP contribution in [-0.2, 0) is 4.79 Å². The summed E-state index contributed by atoms with van der Waals surface area (Å²) in [5, 5.41) is 27.9. The lowest BCUT2D eigenvalue weighted by molar-refractivity contribution is -0.114. The molecule has 12 nitrogen and oxygen atoms in total. The predicted octanol–water partition coefficient (Wildman–Crippen LogP) is 6.15. The maximum atomic E-state index is 11.4. The van der Waals surface area contributed by atoms with Crippen molar-refractivity contribution in [2.45, 2.75) is 32.8 Å². The van der Waals surface area contributed by atoms with E-state index < -0.39 is 6.29 Å². The molecule has 3 aromatic carbocycles. The number of aromatic nitrogens is 4. The Hall–Kier alpha value is -4.31. The fourth-order valence-electron chi connectivity index (χ4n) is 3.60. The first-order valence-corrected chi connectivity index (χ1v) is 15.8. The number of carbonyl (C=O) groups is 1. The molecule has 0 saturated carbocycles. The summed E-state index contributed by atoms with van der Waals surface area (Å²) in [6, 6.07) is 22.1. The van der Waals surface area contributed by atoms with Crippen LogP contribution < -0.4 is 27.4 Å². The van der Waals surface area contributed by atoms with Gasteiger partial charge in [0.25, 0.3) is 0 Å². The molecule has 46 heavy (non-hydrogen) atoms. The van der Waals surface area contributed by atoms with Gasteiger partial charge in [-0.15, -0.1) is 0 Å². The number of para-hydroxylation sites is 2. The predicted molar refractivity (Wildman–Crippen MR) is 185 cm³/mol. The standard InChI is InChI=1S/C18H16ClN5OS.C12H13ClN4O2S/c1-11(25)22-14-4-2-3-5-15(14)23-17-16(10-21-18(20)24-17)26-13-8-6-12(19)7-9-13;13-7-1-3-8(4-2-7)20-9-5-16-12(14)17-11(9)15-6-10(18)19/h2-10H,1H3,(H,22,25)(H3,20,21,23,24);1-5,10,18-19H,6H2,(H3,14,15,16,17). The number of rotatable bonds is 10. The zero-order valence-corrected chi connectivity index (χ0v) is 27.3. The Morgan fingerprint density at radius 1 is 0.783 bits per heavy atom. The molecular formula is C30H29Cl2N9O3S2. The van der Waals surface area contributed by atoms with Crippen molar-refractivity contribution >= 4 is 87.5 Å². The number of nitrogens with one attached hydrogen (secondary N) is 3. The lowest BCUT2D eigenvalue weighted by atomic mass is 10.2. The molecule has 0 bridgehead atoms. The molecule has 1 amide bonds. The van der Waals surface area contributed by atoms with E-state index in [4.69, 9.17) is 44.9 Å². The van der Waals surface area contributed by atoms with E-state index in [0.29, 0.717) is 33.1 Å². The first-order valence-electron chi connectivity index (χ1n) is 13.4. The van der Waals surface area contributed by atoms with Crippen LogP contribution in [-0.4, -0.2) is 48.9 Å². The third-order valence-electron chi connectivity index (χ3n) is 5.57. The van der Waals surface area contributed by atoms with Crippen LogP contribution in [0.5, 0.6) is 0 Å². The Bertz CT molecular complexity index is 1770. The largest absolute Gasteiger partial charge is 0.368 e. The van der Waals surface area contributed by atoms with Gasteiger partial charge in [0.1, 0.15) is 11.6 Å². The number of benzene rings is 3. The van der Waals surface area contributed by atoms with Gasteiger partial charge in [-0.1, -0.05) is 58.9 Å². The van der Waals surface area contributed by atoms with Crippen LogP contribution in [0.3, 0.4) is 0 Å². The molecular weight excluding hydrogens is 669 g/mol. The van der Waals surface area contributed by atoms with E-state index >= 15 is 0 Å². The van der Waals surface area contributed by atoms with Gasteiger partial charge < -0.3 is 37.6 Å². The van der Waals surface area contributed by atoms with Gasteiger partial charge >= 0.3 is 0 Å². The van der Waals surface area contributed by atoms with E-state index in [1.807, 2.05) is 54.6 Å². The van der Waals surface area contributed by atoms with Crippen LogP contribution in [0.2, 0.25) is 10.0 Å². The molecule has 16 heteroatoms. The summed E-state index contributed by atoms with van der Waals surface area (Å²) in [5.74, 6) is 1.11. The van der Waals surface area contributed by atoms with E-state index in [2.05, 4.69) is 35.9 Å². The first-order chi connectivity index (χ1) is 22.0. The normalized spacial score (nSPS) is 10.6. The van der Waals surface area contributed by atoms with Gasteiger partial charge in [-0.3, -0.25) is 4.79 Å². The van der Waals surface area contributed by atoms with Crippen LogP contribution in [0, 0.1) is 0 Å². The number of hydrogen-bond acceptors (Lipinski definition) is 13. The minimum Gasteiger partial charge on any atom is -0.368 e. The fourth-order valence-corrected chi connectivity index (χ4v) is 5.52. The third kappa shape index (κ3) is 10.9. The summed E-state index contributed by atoms with van der Waals surface area (Å²) in [5.41, 5.74) is 12.6. The Morgan fingerprint density at radius 3 is 1.76 bits per heavy atom. The van der Waals surface area contributed by atoms with Crippen molar-refractivity contribution < 1.29 is 15.0 Å². The number of nitrogens with zero attached hydrogens (tertiary/aromatic N) is 4. The number of amides is 1. The molecule has 0 aliphatic carbocycles. The van der Waals surface area contributed by atoms with E-state index in [9.17, 15) is 4.79 Å². The SMILES string of the molecule is CC(=O)Nc1ccccc1Nc1nc(N)ncc1Sc1ccc(Cl)cc1.Nc1ncc(Sc2ccc(Cl)cc2)c(NCC(O)O)n1. The second-order valence-electron chi connectivity index (χ2n) is 9.21. The molecule has 0 atom stereocenters. The highest BCUT2D eigenvalue weighted by atomic mass is 35.5. The first kappa shape index (κ1) is 34.6. The Kier molecular flexibility index (Phi) is 12.7. The summed E-state index contributed by atoms with van der Waals surface area (Å²) < 4.78 is 0. The number of nitrogen functional groups attached to an aromatic ring is 2. The number of halogens is 2. The maximum absolute atomic E-state index is 11.4. The molecule has 0 aliphatic heterocycles. The van der Waals surface area contributed by atoms with Crippen molar-refractivity contribution in [1.29, 1.82) is 0 Å². The highest BCUT2D eigenvalue weighted by molar-refractivity contribution is 7.99. The summed E-state index contributed by atoms with van der Waals surface area (Å²) in [4.78, 5) is 31.2. The number of aliphatic hydroxyl groups is 2. The molecule has 5 aromatic rings. The molecule has 0 unspecified atom stereocenters. The average Bonchev–Trinajstić information content (AvgIpc) is 3.02. The van der Waals surface area contributed by atoms with Crippen LogP contribution in [0.1, 0.15) is 6.92 Å². The van der Waals surface area contributed by atoms with Crippen molar-refractivity contribution in [3.8, 4) is 0 Å². The number of anilines is 6. The number of aliphatic hydroxyl groups excluding tert-OH is 1. The van der Waals surface area contributed by atoms with Gasteiger partial charge in [0.2, 0.25) is 17.8 Å². The maximum Gasteiger partial charge on any atom is 0.222 e. The lowest BCUT2D eigenvalue weighted by Gasteiger charge is -2.14. The fraction of sp³-hybridized carbons (Fsp3) is 0.100. The molecule has 0 aliphatic rings. The molecule has 2 aromatic heterocycles. The van der Waals surface area contributed by atoms with Crippen molar-refractivity contribution in [1.82, 2.24) is 19.9 Å². The van der Waals surface area contributed by atoms with Crippen molar-refractivity contribution in [2.75, 3.05) is 34.0 Å². The van der Waals surface area contributed by atoms with Gasteiger partial charge in [-0.25, -0.2) is 9.97 Å². The van der Waals surface area contributed by atoms with Crippen molar-refractivity contribution in [3.05, 3.63) is 95.2 Å². The molecule has 0 fully saturated rings. The molecule has 0 spiro atoms. The van der Waals surface area contributed by atoms with Crippen LogP contribution in [0.25, 0.3) is 0 Å². The highest BCUT2D eigenvalue weighted by Crippen LogP contribution is 2.36. The quantitative estimate of drug-likeness (QED) is 0.0821. The molecule has 5 rings (SSSR count). The van der Waals surface area contributed by atoms with Gasteiger partial charge in [0.15, 0.2) is 6.29 Å². The van der Waals surface area contributed by atoms with Crippen molar-refractivity contribution in [3.63, 3.8) is 0 Å². The minimum absolute atomic E-state index is 0.0510. The number of nitrogens with two attached hydrogens (primary N) is 2. The van der Waals surface area contributed by atoms with Gasteiger partial charge in [-0.2, -0.15) is 9.97 Å². The number of hydrogen-bond donors (Lipinski definition) is 7. The Morgan fingerprint density at radius 2 is 1.26 bits per heavy atom. The second-order valence-corrected chi connectivity index (χ2v) is 12.3. The summed E-state index contributed by atoms with van der Waals surface area (Å²) in [6.07, 6.45) is 1.76. The van der Waals surface area contributed by atoms with E-state index in [1.54, 1.807) is 30.6 Å². The van der Waals surface area contributed by atoms with Crippen LogP contribution >= 0.6 is 46.7 Å². The average molecular weight is 699 g/mol. The summed E-state index contributed by atoms with van der Waals surface area (Å²) in [6.45, 7) is 1.41. The smallest absolute Gasteiger partial charge is 0.222 e. The minimum atomic E-state index is -1.47. The zero-order valence-electron chi connectivity index (χ0n) is 24.2. The second kappa shape index (κ2) is 16.8. The number of carbonyl (C=O) groups excluding carboxylic acids is 1. The lowest BCUT2D eigenvalue weighted by Crippen LogP contribution is -2.19. The molecule has 0 radical (unpaired) electrons.